The number of ether oxygens (including phenoxy) is 1. The summed E-state index contributed by atoms with van der Waals surface area (Å²) in [6.07, 6.45) is -2.12. The maximum Gasteiger partial charge on any atom is 0.416 e. The molecule has 0 unspecified atom stereocenters. The molecule has 1 saturated carbocycles. The number of nitrogens with one attached hydrogen (secondary N) is 1. The molecule has 1 N–H and O–H groups in total. The summed E-state index contributed by atoms with van der Waals surface area (Å²) in [7, 11) is 1.21. The molecule has 1 amide bonds. The van der Waals surface area contributed by atoms with Crippen LogP contribution < -0.4 is 5.32 Å². The van der Waals surface area contributed by atoms with Crippen molar-refractivity contribution in [2.45, 2.75) is 31.5 Å². The highest BCUT2D eigenvalue weighted by atomic mass is 19.4. The van der Waals surface area contributed by atoms with Crippen molar-refractivity contribution in [1.82, 2.24) is 5.32 Å². The van der Waals surface area contributed by atoms with E-state index in [1.54, 1.807) is 0 Å². The van der Waals surface area contributed by atoms with E-state index in [4.69, 9.17) is 0 Å². The normalized spacial score (nSPS) is 16.0. The van der Waals surface area contributed by atoms with Crippen LogP contribution in [0.5, 0.6) is 0 Å². The molecule has 1 aromatic carbocycles. The molecule has 22 heavy (non-hydrogen) atoms. The molecule has 1 atom stereocenters. The van der Waals surface area contributed by atoms with Gasteiger partial charge in [-0.15, -0.1) is 0 Å². The van der Waals surface area contributed by atoms with Gasteiger partial charge >= 0.3 is 12.1 Å². The SMILES string of the molecule is COC(=O)[C@H](CC1CC1)NC(=O)c1cccc(C(F)(F)F)c1. The molecule has 120 valence electrons. The molecule has 0 saturated heterocycles. The summed E-state index contributed by atoms with van der Waals surface area (Å²) in [4.78, 5) is 23.7. The number of esters is 1. The van der Waals surface area contributed by atoms with Crippen LogP contribution in [-0.4, -0.2) is 25.0 Å². The first-order valence-corrected chi connectivity index (χ1v) is 6.87. The quantitative estimate of drug-likeness (QED) is 0.850. The second kappa shape index (κ2) is 6.37. The molecule has 1 aliphatic rings. The molecule has 0 bridgehead atoms. The Bertz CT molecular complexity index is 567. The summed E-state index contributed by atoms with van der Waals surface area (Å²) >= 11 is 0. The molecular formula is C15H16F3NO3. The minimum absolute atomic E-state index is 0.139. The fraction of sp³-hybridized carbons (Fsp3) is 0.467. The largest absolute Gasteiger partial charge is 0.467 e. The number of hydrogen-bond acceptors (Lipinski definition) is 3. The Morgan fingerprint density at radius 2 is 2.05 bits per heavy atom. The van der Waals surface area contributed by atoms with Crippen LogP contribution in [0.1, 0.15) is 35.2 Å². The van der Waals surface area contributed by atoms with Crippen molar-refractivity contribution in [1.29, 1.82) is 0 Å². The number of methoxy groups -OCH3 is 1. The van der Waals surface area contributed by atoms with Gasteiger partial charge in [-0.05, 0) is 30.5 Å². The van der Waals surface area contributed by atoms with E-state index in [1.807, 2.05) is 0 Å². The Kier molecular flexibility index (Phi) is 4.73. The van der Waals surface area contributed by atoms with Gasteiger partial charge in [0.15, 0.2) is 0 Å². The van der Waals surface area contributed by atoms with Gasteiger partial charge in [0.2, 0.25) is 0 Å². The van der Waals surface area contributed by atoms with Gasteiger partial charge in [-0.25, -0.2) is 4.79 Å². The summed E-state index contributed by atoms with van der Waals surface area (Å²) < 4.78 is 42.6. The Hall–Kier alpha value is -2.05. The van der Waals surface area contributed by atoms with Crippen LogP contribution in [0, 0.1) is 5.92 Å². The predicted octanol–water partition coefficient (Wildman–Crippen LogP) is 2.78. The van der Waals surface area contributed by atoms with Crippen LogP contribution in [-0.2, 0) is 15.7 Å². The second-order valence-electron chi connectivity index (χ2n) is 5.31. The molecule has 0 radical (unpaired) electrons. The number of hydrogen-bond donors (Lipinski definition) is 1. The lowest BCUT2D eigenvalue weighted by Gasteiger charge is -2.16. The molecule has 0 aliphatic heterocycles. The molecule has 0 heterocycles. The fourth-order valence-corrected chi connectivity index (χ4v) is 2.12. The van der Waals surface area contributed by atoms with Crippen LogP contribution in [0.3, 0.4) is 0 Å². The average Bonchev–Trinajstić information content (AvgIpc) is 3.29. The number of rotatable bonds is 5. The first-order valence-electron chi connectivity index (χ1n) is 6.87. The lowest BCUT2D eigenvalue weighted by molar-refractivity contribution is -0.143. The van der Waals surface area contributed by atoms with Gasteiger partial charge in [-0.2, -0.15) is 13.2 Å². The van der Waals surface area contributed by atoms with E-state index in [0.29, 0.717) is 12.3 Å². The molecule has 0 aromatic heterocycles. The van der Waals surface area contributed by atoms with E-state index >= 15 is 0 Å². The third kappa shape index (κ3) is 4.22. The monoisotopic (exact) mass is 315 g/mol. The van der Waals surface area contributed by atoms with Crippen LogP contribution in [0.2, 0.25) is 0 Å². The topological polar surface area (TPSA) is 55.4 Å². The van der Waals surface area contributed by atoms with Crippen molar-refractivity contribution in [3.63, 3.8) is 0 Å². The molecule has 0 spiro atoms. The van der Waals surface area contributed by atoms with Gasteiger partial charge in [0, 0.05) is 5.56 Å². The summed E-state index contributed by atoms with van der Waals surface area (Å²) in [6.45, 7) is 0. The van der Waals surface area contributed by atoms with Crippen LogP contribution in [0.4, 0.5) is 13.2 Å². The van der Waals surface area contributed by atoms with Crippen LogP contribution >= 0.6 is 0 Å². The molecule has 7 heteroatoms. The summed E-state index contributed by atoms with van der Waals surface area (Å²) in [5.41, 5.74) is -1.04. The van der Waals surface area contributed by atoms with Crippen molar-refractivity contribution < 1.29 is 27.5 Å². The van der Waals surface area contributed by atoms with Gasteiger partial charge in [0.25, 0.3) is 5.91 Å². The van der Waals surface area contributed by atoms with E-state index in [-0.39, 0.29) is 5.56 Å². The lowest BCUT2D eigenvalue weighted by atomic mass is 10.1. The molecule has 4 nitrogen and oxygen atoms in total. The number of carbonyl (C=O) groups excluding carboxylic acids is 2. The van der Waals surface area contributed by atoms with Gasteiger partial charge in [0.05, 0.1) is 12.7 Å². The van der Waals surface area contributed by atoms with Crippen LogP contribution in [0.15, 0.2) is 24.3 Å². The molecule has 1 aromatic rings. The van der Waals surface area contributed by atoms with Gasteiger partial charge < -0.3 is 10.1 Å². The molecular weight excluding hydrogens is 299 g/mol. The van der Waals surface area contributed by atoms with Crippen molar-refractivity contribution >= 4 is 11.9 Å². The predicted molar refractivity (Wildman–Crippen MR) is 72.1 cm³/mol. The Balaban J connectivity index is 2.10. The molecule has 1 aliphatic carbocycles. The zero-order valence-electron chi connectivity index (χ0n) is 11.9. The summed E-state index contributed by atoms with van der Waals surface area (Å²) in [5, 5.41) is 2.45. The van der Waals surface area contributed by atoms with Gasteiger partial charge in [0.1, 0.15) is 6.04 Å². The Morgan fingerprint density at radius 3 is 2.59 bits per heavy atom. The van der Waals surface area contributed by atoms with Gasteiger partial charge in [-0.3, -0.25) is 4.79 Å². The van der Waals surface area contributed by atoms with E-state index in [0.717, 1.165) is 31.0 Å². The maximum atomic E-state index is 12.7. The number of benzene rings is 1. The second-order valence-corrected chi connectivity index (χ2v) is 5.31. The van der Waals surface area contributed by atoms with E-state index in [2.05, 4.69) is 10.1 Å². The van der Waals surface area contributed by atoms with Gasteiger partial charge in [-0.1, -0.05) is 18.9 Å². The first-order chi connectivity index (χ1) is 10.3. The highest BCUT2D eigenvalue weighted by Crippen LogP contribution is 2.34. The van der Waals surface area contributed by atoms with E-state index in [9.17, 15) is 22.8 Å². The third-order valence-electron chi connectivity index (χ3n) is 3.51. The zero-order valence-corrected chi connectivity index (χ0v) is 11.9. The Labute approximate surface area is 125 Å². The Morgan fingerprint density at radius 1 is 1.36 bits per heavy atom. The van der Waals surface area contributed by atoms with Crippen LogP contribution in [0.25, 0.3) is 0 Å². The number of carbonyl (C=O) groups is 2. The van der Waals surface area contributed by atoms with Crippen molar-refractivity contribution in [3.05, 3.63) is 35.4 Å². The first kappa shape index (κ1) is 16.3. The highest BCUT2D eigenvalue weighted by Gasteiger charge is 2.33. The van der Waals surface area contributed by atoms with Crippen molar-refractivity contribution in [3.8, 4) is 0 Å². The zero-order chi connectivity index (χ0) is 16.3. The standard InChI is InChI=1S/C15H16F3NO3/c1-22-14(21)12(7-9-5-6-9)19-13(20)10-3-2-4-11(8-10)15(16,17)18/h2-4,8-9,12H,5-7H2,1H3,(H,19,20)/t12-/m0/s1. The van der Waals surface area contributed by atoms with E-state index < -0.39 is 29.7 Å². The average molecular weight is 315 g/mol. The number of halogens is 3. The van der Waals surface area contributed by atoms with Crippen molar-refractivity contribution in [2.24, 2.45) is 5.92 Å². The number of alkyl halides is 3. The lowest BCUT2D eigenvalue weighted by Crippen LogP contribution is -2.41. The minimum atomic E-state index is -4.52. The molecule has 2 rings (SSSR count). The third-order valence-corrected chi connectivity index (χ3v) is 3.51. The smallest absolute Gasteiger partial charge is 0.416 e. The minimum Gasteiger partial charge on any atom is -0.467 e. The summed E-state index contributed by atoms with van der Waals surface area (Å²) in [6, 6.07) is 3.25. The number of amides is 1. The fourth-order valence-electron chi connectivity index (χ4n) is 2.12. The molecule has 1 fully saturated rings. The van der Waals surface area contributed by atoms with Crippen molar-refractivity contribution in [2.75, 3.05) is 7.11 Å². The summed E-state index contributed by atoms with van der Waals surface area (Å²) in [5.74, 6) is -0.958. The maximum absolute atomic E-state index is 12.7. The van der Waals surface area contributed by atoms with E-state index in [1.165, 1.54) is 13.2 Å². The highest BCUT2D eigenvalue weighted by molar-refractivity contribution is 5.96.